The first-order valence-corrected chi connectivity index (χ1v) is 12.7. The highest BCUT2D eigenvalue weighted by molar-refractivity contribution is 5.87. The van der Waals surface area contributed by atoms with E-state index >= 15 is 0 Å². The first kappa shape index (κ1) is 28.3. The maximum atomic E-state index is 13.8. The van der Waals surface area contributed by atoms with Gasteiger partial charge in [0.15, 0.2) is 17.0 Å². The third kappa shape index (κ3) is 7.23. The second kappa shape index (κ2) is 12.0. The number of fused-ring (bicyclic) bond motifs is 1. The van der Waals surface area contributed by atoms with E-state index in [9.17, 15) is 9.18 Å². The molecule has 4 rings (SSSR count). The number of nitrogens with one attached hydrogen (secondary N) is 1. The molecule has 15 heteroatoms. The summed E-state index contributed by atoms with van der Waals surface area (Å²) in [6, 6.07) is 0. The number of ether oxygens (including phenoxy) is 3. The molecule has 39 heavy (non-hydrogen) atoms. The predicted octanol–water partition coefficient (Wildman–Crippen LogP) is 2.68. The van der Waals surface area contributed by atoms with Gasteiger partial charge in [-0.05, 0) is 27.2 Å². The number of rotatable bonds is 11. The van der Waals surface area contributed by atoms with Crippen molar-refractivity contribution < 1.29 is 28.2 Å². The summed E-state index contributed by atoms with van der Waals surface area (Å²) in [7, 11) is 4.86. The van der Waals surface area contributed by atoms with Crippen molar-refractivity contribution in [3.8, 4) is 5.88 Å². The minimum absolute atomic E-state index is 0.182. The van der Waals surface area contributed by atoms with Crippen LogP contribution in [0.25, 0.3) is 11.2 Å². The van der Waals surface area contributed by atoms with Crippen molar-refractivity contribution in [1.82, 2.24) is 34.4 Å². The second-order valence-corrected chi connectivity index (χ2v) is 10.1. The minimum atomic E-state index is -0.898. The van der Waals surface area contributed by atoms with Crippen LogP contribution >= 0.6 is 0 Å². The molecule has 0 radical (unpaired) electrons. The van der Waals surface area contributed by atoms with E-state index in [1.54, 1.807) is 42.5 Å². The Morgan fingerprint density at radius 2 is 2.05 bits per heavy atom. The van der Waals surface area contributed by atoms with E-state index in [0.717, 1.165) is 5.06 Å². The number of aromatic nitrogens is 6. The summed E-state index contributed by atoms with van der Waals surface area (Å²) in [5.74, 6) is 1.28. The molecule has 1 saturated heterocycles. The molecule has 14 nitrogen and oxygen atoms in total. The summed E-state index contributed by atoms with van der Waals surface area (Å²) >= 11 is 0. The zero-order chi connectivity index (χ0) is 28.2. The molecule has 0 spiro atoms. The van der Waals surface area contributed by atoms with Gasteiger partial charge in [-0.1, -0.05) is 0 Å². The molecule has 0 bridgehead atoms. The molecule has 3 aromatic heterocycles. The molecule has 4 heterocycles. The van der Waals surface area contributed by atoms with Gasteiger partial charge in [0.1, 0.15) is 17.5 Å². The van der Waals surface area contributed by atoms with E-state index in [1.165, 1.54) is 14.2 Å². The van der Waals surface area contributed by atoms with Gasteiger partial charge >= 0.3 is 6.09 Å². The normalized spacial score (nSPS) is 15.7. The van der Waals surface area contributed by atoms with E-state index in [0.29, 0.717) is 60.6 Å². The number of methoxy groups -OCH3 is 1. The summed E-state index contributed by atoms with van der Waals surface area (Å²) in [5.41, 5.74) is 1.19. The van der Waals surface area contributed by atoms with E-state index in [2.05, 4.69) is 25.4 Å². The third-order valence-electron chi connectivity index (χ3n) is 5.76. The van der Waals surface area contributed by atoms with E-state index in [-0.39, 0.29) is 19.8 Å². The fraction of sp³-hybridized carbons (Fsp3) is 0.625. The molecule has 1 aliphatic rings. The molecule has 214 valence electrons. The molecular formula is C24H36FN9O5. The number of carbonyl (C=O) groups excluding carboxylic acids is 1. The summed E-state index contributed by atoms with van der Waals surface area (Å²) < 4.78 is 33.6. The number of nitrogens with zero attached hydrogens (tertiary/aromatic N) is 8. The first-order valence-electron chi connectivity index (χ1n) is 12.7. The first-order chi connectivity index (χ1) is 18.5. The van der Waals surface area contributed by atoms with Crippen molar-refractivity contribution in [2.45, 2.75) is 45.5 Å². The summed E-state index contributed by atoms with van der Waals surface area (Å²) in [6.45, 7) is 7.41. The van der Waals surface area contributed by atoms with Crippen LogP contribution in [0, 0.1) is 0 Å². The van der Waals surface area contributed by atoms with E-state index in [4.69, 9.17) is 19.0 Å². The van der Waals surface area contributed by atoms with Gasteiger partial charge in [-0.2, -0.15) is 15.0 Å². The largest absolute Gasteiger partial charge is 0.478 e. The maximum absolute atomic E-state index is 13.8. The Morgan fingerprint density at radius 1 is 1.26 bits per heavy atom. The molecule has 1 fully saturated rings. The van der Waals surface area contributed by atoms with Crippen LogP contribution in [0.1, 0.15) is 27.2 Å². The Labute approximate surface area is 225 Å². The van der Waals surface area contributed by atoms with Crippen molar-refractivity contribution in [2.75, 3.05) is 57.3 Å². The SMILES string of the molecule is COc1nn(CCOCCON(C)C(=O)OC(C)(C)C)cc1Nc1nc(N2CCC(F)C2)nc2c1ncn2C. The standard InChI is InChI=1S/C24H36FN9O5/c1-24(2,3)39-23(35)32(5)38-12-11-37-10-9-34-14-17(21(30-34)36-6)27-19-18-20(31(4)15-26-18)29-22(28-19)33-8-7-16(25)13-33/h14-16H,7-13H2,1-6H3,(H,27,28,29). The lowest BCUT2D eigenvalue weighted by molar-refractivity contribution is -0.142. The highest BCUT2D eigenvalue weighted by Crippen LogP contribution is 2.30. The van der Waals surface area contributed by atoms with Gasteiger partial charge in [-0.3, -0.25) is 9.52 Å². The zero-order valence-corrected chi connectivity index (χ0v) is 23.2. The Hall–Kier alpha value is -3.72. The quantitative estimate of drug-likeness (QED) is 0.279. The number of alkyl halides is 1. The highest BCUT2D eigenvalue weighted by atomic mass is 19.1. The van der Waals surface area contributed by atoms with Gasteiger partial charge in [0.05, 0.1) is 52.5 Å². The number of amides is 1. The number of halogens is 1. The monoisotopic (exact) mass is 549 g/mol. The van der Waals surface area contributed by atoms with E-state index in [1.807, 2.05) is 11.9 Å². The van der Waals surface area contributed by atoms with Crippen LogP contribution in [-0.2, 0) is 27.9 Å². The molecular weight excluding hydrogens is 513 g/mol. The van der Waals surface area contributed by atoms with Crippen LogP contribution in [0.4, 0.5) is 26.6 Å². The van der Waals surface area contributed by atoms with Crippen molar-refractivity contribution in [3.63, 3.8) is 0 Å². The molecule has 1 unspecified atom stereocenters. The molecule has 1 amide bonds. The number of anilines is 3. The van der Waals surface area contributed by atoms with Gasteiger partial charge < -0.3 is 29.0 Å². The molecule has 1 atom stereocenters. The Balaban J connectivity index is 1.34. The fourth-order valence-electron chi connectivity index (χ4n) is 3.88. The van der Waals surface area contributed by atoms with Crippen LogP contribution < -0.4 is 15.0 Å². The lowest BCUT2D eigenvalue weighted by Gasteiger charge is -2.23. The van der Waals surface area contributed by atoms with Gasteiger partial charge in [-0.15, -0.1) is 5.10 Å². The average Bonchev–Trinajstić information content (AvgIpc) is 3.58. The molecule has 0 aromatic carbocycles. The van der Waals surface area contributed by atoms with Crippen LogP contribution in [0.2, 0.25) is 0 Å². The van der Waals surface area contributed by atoms with Crippen LogP contribution in [0.15, 0.2) is 12.5 Å². The number of hydrogen-bond donors (Lipinski definition) is 1. The Bertz CT molecular complexity index is 1270. The van der Waals surface area contributed by atoms with Crippen LogP contribution in [0.5, 0.6) is 5.88 Å². The van der Waals surface area contributed by atoms with Crippen molar-refractivity contribution in [1.29, 1.82) is 0 Å². The second-order valence-electron chi connectivity index (χ2n) is 10.1. The number of aryl methyl sites for hydroxylation is 1. The third-order valence-corrected chi connectivity index (χ3v) is 5.76. The van der Waals surface area contributed by atoms with Crippen LogP contribution in [0.3, 0.4) is 0 Å². The average molecular weight is 550 g/mol. The number of carbonyl (C=O) groups is 1. The zero-order valence-electron chi connectivity index (χ0n) is 23.2. The smallest absolute Gasteiger partial charge is 0.434 e. The van der Waals surface area contributed by atoms with E-state index < -0.39 is 17.9 Å². The lowest BCUT2D eigenvalue weighted by Crippen LogP contribution is -2.35. The Morgan fingerprint density at radius 3 is 2.74 bits per heavy atom. The van der Waals surface area contributed by atoms with Crippen LogP contribution in [-0.4, -0.2) is 99.3 Å². The molecule has 0 saturated carbocycles. The minimum Gasteiger partial charge on any atom is -0.478 e. The molecule has 1 N–H and O–H groups in total. The number of hydroxylamine groups is 2. The molecule has 1 aliphatic heterocycles. The maximum Gasteiger partial charge on any atom is 0.434 e. The summed E-state index contributed by atoms with van der Waals surface area (Å²) in [6.07, 6.45) is 2.41. The topological polar surface area (TPSA) is 134 Å². The van der Waals surface area contributed by atoms with Gasteiger partial charge in [0.2, 0.25) is 5.95 Å². The van der Waals surface area contributed by atoms with Crippen molar-refractivity contribution in [2.24, 2.45) is 7.05 Å². The molecule has 0 aliphatic carbocycles. The predicted molar refractivity (Wildman–Crippen MR) is 141 cm³/mol. The lowest BCUT2D eigenvalue weighted by atomic mass is 10.2. The summed E-state index contributed by atoms with van der Waals surface area (Å²) in [5, 5.41) is 8.75. The summed E-state index contributed by atoms with van der Waals surface area (Å²) in [4.78, 5) is 32.7. The molecule has 3 aromatic rings. The van der Waals surface area contributed by atoms with Gasteiger partial charge in [0.25, 0.3) is 5.88 Å². The number of hydrogen-bond acceptors (Lipinski definition) is 11. The fourth-order valence-corrected chi connectivity index (χ4v) is 3.88. The van der Waals surface area contributed by atoms with Crippen molar-refractivity contribution in [3.05, 3.63) is 12.5 Å². The van der Waals surface area contributed by atoms with Gasteiger partial charge in [0, 0.05) is 20.6 Å². The van der Waals surface area contributed by atoms with Gasteiger partial charge in [-0.25, -0.2) is 14.2 Å². The Kier molecular flexibility index (Phi) is 8.70. The number of imidazole rings is 1. The highest BCUT2D eigenvalue weighted by Gasteiger charge is 2.26. The van der Waals surface area contributed by atoms with Crippen molar-refractivity contribution >= 4 is 34.7 Å².